The van der Waals surface area contributed by atoms with Crippen LogP contribution in [0.15, 0.2) is 65.5 Å². The number of hydrogen-bond acceptors (Lipinski definition) is 7. The second-order valence-corrected chi connectivity index (χ2v) is 11.6. The van der Waals surface area contributed by atoms with Gasteiger partial charge in [0.25, 0.3) is 5.56 Å². The van der Waals surface area contributed by atoms with Crippen molar-refractivity contribution in [1.82, 2.24) is 24.9 Å². The van der Waals surface area contributed by atoms with E-state index in [1.54, 1.807) is 18.7 Å². The Morgan fingerprint density at radius 2 is 1.71 bits per heavy atom. The van der Waals surface area contributed by atoms with Crippen molar-refractivity contribution in [3.8, 4) is 5.69 Å². The molecule has 3 N–H and O–H groups in total. The van der Waals surface area contributed by atoms with Crippen molar-refractivity contribution in [2.24, 2.45) is 18.9 Å². The summed E-state index contributed by atoms with van der Waals surface area (Å²) in [7, 11) is 1.75. The molecule has 2 fully saturated rings. The summed E-state index contributed by atoms with van der Waals surface area (Å²) in [5.74, 6) is -3.80. The predicted molar refractivity (Wildman–Crippen MR) is 157 cm³/mol. The fraction of sp³-hybridized carbons (Fsp3) is 0.400. The molecule has 2 aliphatic heterocycles. The zero-order valence-electron chi connectivity index (χ0n) is 23.4. The lowest BCUT2D eigenvalue weighted by Crippen LogP contribution is -2.56. The quantitative estimate of drug-likeness (QED) is 0.234. The highest BCUT2D eigenvalue weighted by molar-refractivity contribution is 7.98. The highest BCUT2D eigenvalue weighted by Crippen LogP contribution is 2.50. The van der Waals surface area contributed by atoms with Gasteiger partial charge < -0.3 is 10.4 Å². The minimum atomic E-state index is -1.68. The Hall–Kier alpha value is -3.67. The van der Waals surface area contributed by atoms with E-state index in [0.29, 0.717) is 35.8 Å². The van der Waals surface area contributed by atoms with Gasteiger partial charge in [-0.3, -0.25) is 34.1 Å². The van der Waals surface area contributed by atoms with Crippen molar-refractivity contribution in [2.75, 3.05) is 25.1 Å². The van der Waals surface area contributed by atoms with E-state index >= 15 is 0 Å². The zero-order chi connectivity index (χ0) is 29.3. The van der Waals surface area contributed by atoms with E-state index in [4.69, 9.17) is 0 Å². The lowest BCUT2D eigenvalue weighted by Gasteiger charge is -2.31. The molecule has 0 saturated carbocycles. The molecule has 0 spiro atoms. The number of rotatable bonds is 11. The molecule has 0 radical (unpaired) electrons. The molecule has 11 heteroatoms. The number of likely N-dealkylation sites (tertiary alicyclic amines) is 1. The summed E-state index contributed by atoms with van der Waals surface area (Å²) in [5, 5.41) is 17.0. The van der Waals surface area contributed by atoms with Gasteiger partial charge in [0.2, 0.25) is 11.8 Å². The summed E-state index contributed by atoms with van der Waals surface area (Å²) in [4.78, 5) is 55.8. The molecule has 216 valence electrons. The van der Waals surface area contributed by atoms with Crippen LogP contribution in [0.1, 0.15) is 29.3 Å². The van der Waals surface area contributed by atoms with E-state index in [1.165, 1.54) is 21.3 Å². The molecule has 1 aromatic heterocycles. The summed E-state index contributed by atoms with van der Waals surface area (Å²) < 4.78 is 3.22. The second-order valence-electron chi connectivity index (χ2n) is 10.6. The molecule has 4 unspecified atom stereocenters. The number of nitrogens with one attached hydrogen (secondary N) is 2. The van der Waals surface area contributed by atoms with Crippen molar-refractivity contribution in [3.63, 3.8) is 0 Å². The van der Waals surface area contributed by atoms with Crippen LogP contribution in [-0.2, 0) is 28.0 Å². The number of aromatic nitrogens is 2. The van der Waals surface area contributed by atoms with Crippen molar-refractivity contribution in [2.45, 2.75) is 31.5 Å². The molecule has 41 heavy (non-hydrogen) atoms. The number of amides is 2. The Balaban J connectivity index is 1.51. The number of carboxylic acids is 1. The Morgan fingerprint density at radius 1 is 1.05 bits per heavy atom. The summed E-state index contributed by atoms with van der Waals surface area (Å²) in [6.45, 7) is 2.83. The molecule has 5 rings (SSSR count). The van der Waals surface area contributed by atoms with Gasteiger partial charge in [-0.2, -0.15) is 11.8 Å². The number of nitrogens with zero attached hydrogens (tertiary/aromatic N) is 3. The van der Waals surface area contributed by atoms with Gasteiger partial charge in [-0.1, -0.05) is 48.5 Å². The fourth-order valence-electron chi connectivity index (χ4n) is 6.29. The number of thioether (sulfide) groups is 1. The molecule has 3 heterocycles. The topological polar surface area (TPSA) is 126 Å². The number of fused-ring (bicyclic) bond motifs is 1. The fourth-order valence-corrected chi connectivity index (χ4v) is 6.82. The second kappa shape index (κ2) is 11.7. The molecule has 2 saturated heterocycles. The number of para-hydroxylation sites is 1. The average molecular weight is 578 g/mol. The Labute approximate surface area is 242 Å². The van der Waals surface area contributed by atoms with E-state index in [9.17, 15) is 24.3 Å². The maximum atomic E-state index is 13.9. The van der Waals surface area contributed by atoms with Gasteiger partial charge in [0, 0.05) is 32.4 Å². The van der Waals surface area contributed by atoms with Crippen molar-refractivity contribution in [3.05, 3.63) is 87.8 Å². The first-order valence-corrected chi connectivity index (χ1v) is 15.1. The summed E-state index contributed by atoms with van der Waals surface area (Å²) in [5.41, 5.74) is 0.610. The monoisotopic (exact) mass is 577 g/mol. The number of carbonyl (C=O) groups is 3. The zero-order valence-corrected chi connectivity index (χ0v) is 24.2. The van der Waals surface area contributed by atoms with Crippen molar-refractivity contribution in [1.29, 1.82) is 0 Å². The number of benzene rings is 2. The predicted octanol–water partition coefficient (Wildman–Crippen LogP) is 2.10. The van der Waals surface area contributed by atoms with Gasteiger partial charge in [0.1, 0.15) is 5.54 Å². The number of imide groups is 1. The molecule has 2 aliphatic rings. The summed E-state index contributed by atoms with van der Waals surface area (Å²) in [6, 6.07) is 18.0. The van der Waals surface area contributed by atoms with Gasteiger partial charge in [0.05, 0.1) is 29.1 Å². The van der Waals surface area contributed by atoms with Crippen LogP contribution in [0.25, 0.3) is 5.69 Å². The van der Waals surface area contributed by atoms with Crippen LogP contribution in [0.3, 0.4) is 0 Å². The molecule has 0 bridgehead atoms. The number of aliphatic carboxylic acids is 1. The van der Waals surface area contributed by atoms with Gasteiger partial charge in [-0.05, 0) is 43.0 Å². The van der Waals surface area contributed by atoms with Crippen molar-refractivity contribution < 1.29 is 19.5 Å². The lowest BCUT2D eigenvalue weighted by atomic mass is 9.78. The van der Waals surface area contributed by atoms with E-state index < -0.39 is 41.2 Å². The van der Waals surface area contributed by atoms with Gasteiger partial charge >= 0.3 is 5.97 Å². The number of hydrogen-bond donors (Lipinski definition) is 3. The molecule has 2 aromatic carbocycles. The maximum absolute atomic E-state index is 13.9. The molecule has 3 aromatic rings. The van der Waals surface area contributed by atoms with Gasteiger partial charge in [0.15, 0.2) is 0 Å². The minimum Gasteiger partial charge on any atom is -0.480 e. The first kappa shape index (κ1) is 28.8. The van der Waals surface area contributed by atoms with Crippen LogP contribution in [0, 0.1) is 18.8 Å². The van der Waals surface area contributed by atoms with E-state index in [0.717, 1.165) is 5.56 Å². The number of carbonyl (C=O) groups excluding carboxylic acids is 2. The first-order valence-electron chi connectivity index (χ1n) is 13.7. The van der Waals surface area contributed by atoms with Crippen LogP contribution in [0.2, 0.25) is 0 Å². The molecule has 10 nitrogen and oxygen atoms in total. The number of carboxylic acid groups (broad SMARTS) is 1. The molecule has 2 amide bonds. The van der Waals surface area contributed by atoms with Crippen LogP contribution in [0.4, 0.5) is 0 Å². The normalized spacial score (nSPS) is 23.8. The summed E-state index contributed by atoms with van der Waals surface area (Å²) >= 11 is 1.47. The SMILES string of the molecule is CSCCC1(C(=O)O)NC(c2c(C)n(C)n(-c3ccccc3)c2=O)C2C(=O)N(CCNCc3ccccc3)C(=O)C21. The van der Waals surface area contributed by atoms with Gasteiger partial charge in [-0.15, -0.1) is 0 Å². The van der Waals surface area contributed by atoms with E-state index in [2.05, 4.69) is 10.6 Å². The Bertz CT molecular complexity index is 1500. The molecule has 4 atom stereocenters. The lowest BCUT2D eigenvalue weighted by molar-refractivity contribution is -0.151. The minimum absolute atomic E-state index is 0.116. The third kappa shape index (κ3) is 4.92. The van der Waals surface area contributed by atoms with Crippen LogP contribution in [-0.4, -0.2) is 67.8 Å². The highest BCUT2D eigenvalue weighted by atomic mass is 32.2. The van der Waals surface area contributed by atoms with Gasteiger partial charge in [-0.25, -0.2) is 4.68 Å². The van der Waals surface area contributed by atoms with E-state index in [1.807, 2.05) is 66.9 Å². The smallest absolute Gasteiger partial charge is 0.324 e. The molecular formula is C30H35N5O5S. The molecular weight excluding hydrogens is 542 g/mol. The van der Waals surface area contributed by atoms with Crippen LogP contribution >= 0.6 is 11.8 Å². The average Bonchev–Trinajstić information content (AvgIpc) is 3.52. The largest absolute Gasteiger partial charge is 0.480 e. The first-order chi connectivity index (χ1) is 19.7. The third-order valence-corrected chi connectivity index (χ3v) is 9.03. The Morgan fingerprint density at radius 3 is 2.34 bits per heavy atom. The molecule has 0 aliphatic carbocycles. The third-order valence-electron chi connectivity index (χ3n) is 8.42. The van der Waals surface area contributed by atoms with Crippen molar-refractivity contribution >= 4 is 29.5 Å². The standard InChI is InChI=1S/C30H35N5O5S/c1-19-22(27(37)35(33(19)2)21-12-8-5-9-13-21)25-23-24(30(32-25,29(39)40)14-17-41-3)28(38)34(26(23)36)16-15-31-18-20-10-6-4-7-11-20/h4-13,23-25,31-32H,14-18H2,1-3H3,(H,39,40). The van der Waals surface area contributed by atoms with Crippen LogP contribution < -0.4 is 16.2 Å². The highest BCUT2D eigenvalue weighted by Gasteiger charge is 2.68. The Kier molecular flexibility index (Phi) is 8.21. The van der Waals surface area contributed by atoms with E-state index in [-0.39, 0.29) is 18.5 Å². The van der Waals surface area contributed by atoms with Crippen LogP contribution in [0.5, 0.6) is 0 Å². The maximum Gasteiger partial charge on any atom is 0.324 e. The summed E-state index contributed by atoms with van der Waals surface area (Å²) in [6.07, 6.45) is 2.00.